The van der Waals surface area contributed by atoms with Crippen LogP contribution in [0.5, 0.6) is 0 Å². The molecule has 0 aromatic heterocycles. The third-order valence-electron chi connectivity index (χ3n) is 5.31. The maximum Gasteiger partial charge on any atom is 0.253 e. The first kappa shape index (κ1) is 23.5. The van der Waals surface area contributed by atoms with Crippen molar-refractivity contribution in [2.75, 3.05) is 44.3 Å². The van der Waals surface area contributed by atoms with Crippen LogP contribution in [0.25, 0.3) is 0 Å². The number of amides is 1. The number of nitrogens with zero attached hydrogens (tertiary/aromatic N) is 2. The maximum absolute atomic E-state index is 12.9. The molecule has 0 saturated carbocycles. The third kappa shape index (κ3) is 5.57. The van der Waals surface area contributed by atoms with Crippen molar-refractivity contribution in [3.63, 3.8) is 0 Å². The van der Waals surface area contributed by atoms with Crippen LogP contribution in [0.3, 0.4) is 0 Å². The number of halogens is 1. The topological polar surface area (TPSA) is 79.0 Å². The van der Waals surface area contributed by atoms with Crippen LogP contribution in [0.15, 0.2) is 47.4 Å². The van der Waals surface area contributed by atoms with Crippen molar-refractivity contribution in [2.24, 2.45) is 0 Å². The molecule has 7 nitrogen and oxygen atoms in total. The van der Waals surface area contributed by atoms with E-state index in [-0.39, 0.29) is 28.6 Å². The smallest absolute Gasteiger partial charge is 0.253 e. The molecule has 31 heavy (non-hydrogen) atoms. The number of nitrogens with one attached hydrogen (secondary N) is 1. The van der Waals surface area contributed by atoms with Gasteiger partial charge >= 0.3 is 0 Å². The number of hydrogen-bond acceptors (Lipinski definition) is 5. The molecule has 0 unspecified atom stereocenters. The summed E-state index contributed by atoms with van der Waals surface area (Å²) >= 11 is 6.20. The van der Waals surface area contributed by atoms with Gasteiger partial charge in [0.2, 0.25) is 10.0 Å². The van der Waals surface area contributed by atoms with Crippen LogP contribution in [-0.2, 0) is 21.3 Å². The molecular formula is C22H28ClN3O4S. The second kappa shape index (κ2) is 10.5. The largest absolute Gasteiger partial charge is 0.379 e. The third-order valence-corrected chi connectivity index (χ3v) is 7.53. The number of rotatable bonds is 8. The number of carbonyl (C=O) groups excluding carboxylic acids is 1. The minimum absolute atomic E-state index is 0.0486. The Morgan fingerprint density at radius 1 is 1.10 bits per heavy atom. The van der Waals surface area contributed by atoms with Crippen molar-refractivity contribution in [1.82, 2.24) is 9.62 Å². The number of ether oxygens (including phenoxy) is 1. The Hall–Kier alpha value is -2.13. The molecule has 1 fully saturated rings. The lowest BCUT2D eigenvalue weighted by Gasteiger charge is -2.26. The number of anilines is 1. The molecule has 168 valence electrons. The fraction of sp³-hybridized carbons (Fsp3) is 0.409. The molecule has 1 amide bonds. The normalized spacial score (nSPS) is 14.9. The Balaban J connectivity index is 1.71. The second-order valence-electron chi connectivity index (χ2n) is 7.18. The number of morpholine rings is 1. The molecule has 0 bridgehead atoms. The van der Waals surface area contributed by atoms with Gasteiger partial charge in [0.15, 0.2) is 0 Å². The van der Waals surface area contributed by atoms with Crippen LogP contribution in [0.2, 0.25) is 5.02 Å². The first-order chi connectivity index (χ1) is 14.9. The van der Waals surface area contributed by atoms with Crippen LogP contribution in [0.1, 0.15) is 29.8 Å². The van der Waals surface area contributed by atoms with E-state index in [2.05, 4.69) is 24.1 Å². The van der Waals surface area contributed by atoms with E-state index in [0.29, 0.717) is 19.8 Å². The van der Waals surface area contributed by atoms with Crippen LogP contribution in [0.4, 0.5) is 5.69 Å². The molecule has 3 rings (SSSR count). The van der Waals surface area contributed by atoms with Gasteiger partial charge in [-0.2, -0.15) is 4.31 Å². The van der Waals surface area contributed by atoms with Gasteiger partial charge in [-0.1, -0.05) is 23.7 Å². The fourth-order valence-corrected chi connectivity index (χ4v) is 5.10. The average molecular weight is 466 g/mol. The molecule has 1 aliphatic rings. The zero-order chi connectivity index (χ0) is 22.4. The molecule has 2 aromatic carbocycles. The van der Waals surface area contributed by atoms with E-state index in [9.17, 15) is 13.2 Å². The van der Waals surface area contributed by atoms with Crippen LogP contribution < -0.4 is 10.2 Å². The lowest BCUT2D eigenvalue weighted by atomic mass is 10.1. The zero-order valence-corrected chi connectivity index (χ0v) is 19.4. The molecular weight excluding hydrogens is 438 g/mol. The van der Waals surface area contributed by atoms with Crippen LogP contribution >= 0.6 is 11.6 Å². The van der Waals surface area contributed by atoms with Gasteiger partial charge in [0.05, 0.1) is 28.7 Å². The van der Waals surface area contributed by atoms with E-state index in [0.717, 1.165) is 24.3 Å². The minimum atomic E-state index is -3.71. The first-order valence-corrected chi connectivity index (χ1v) is 12.2. The second-order valence-corrected chi connectivity index (χ2v) is 9.52. The molecule has 1 heterocycles. The number of carbonyl (C=O) groups is 1. The summed E-state index contributed by atoms with van der Waals surface area (Å²) in [6, 6.07) is 12.2. The molecule has 1 aliphatic heterocycles. The van der Waals surface area contributed by atoms with Gasteiger partial charge in [-0.25, -0.2) is 8.42 Å². The highest BCUT2D eigenvalue weighted by atomic mass is 35.5. The van der Waals surface area contributed by atoms with Crippen molar-refractivity contribution in [2.45, 2.75) is 25.3 Å². The highest BCUT2D eigenvalue weighted by molar-refractivity contribution is 7.89. The quantitative estimate of drug-likeness (QED) is 0.648. The van der Waals surface area contributed by atoms with Crippen LogP contribution in [0, 0.1) is 0 Å². The lowest BCUT2D eigenvalue weighted by molar-refractivity contribution is 0.0730. The summed E-state index contributed by atoms with van der Waals surface area (Å²) in [6.45, 7) is 7.66. The number of sulfonamides is 1. The van der Waals surface area contributed by atoms with E-state index < -0.39 is 15.9 Å². The van der Waals surface area contributed by atoms with E-state index in [4.69, 9.17) is 16.3 Å². The van der Waals surface area contributed by atoms with Crippen molar-refractivity contribution < 1.29 is 17.9 Å². The molecule has 0 aliphatic carbocycles. The van der Waals surface area contributed by atoms with Crippen molar-refractivity contribution >= 4 is 33.2 Å². The highest BCUT2D eigenvalue weighted by Crippen LogP contribution is 2.24. The minimum Gasteiger partial charge on any atom is -0.379 e. The Bertz CT molecular complexity index is 1000. The van der Waals surface area contributed by atoms with E-state index in [1.165, 1.54) is 22.5 Å². The molecule has 0 atom stereocenters. The van der Waals surface area contributed by atoms with Gasteiger partial charge in [-0.05, 0) is 49.7 Å². The summed E-state index contributed by atoms with van der Waals surface area (Å²) in [6.07, 6.45) is 0. The summed E-state index contributed by atoms with van der Waals surface area (Å²) < 4.78 is 32.3. The Kier molecular flexibility index (Phi) is 7.94. The van der Waals surface area contributed by atoms with E-state index in [1.54, 1.807) is 0 Å². The highest BCUT2D eigenvalue weighted by Gasteiger charge is 2.27. The summed E-state index contributed by atoms with van der Waals surface area (Å²) in [5.41, 5.74) is 2.21. The molecule has 1 N–H and O–H groups in total. The Morgan fingerprint density at radius 3 is 2.35 bits per heavy atom. The van der Waals surface area contributed by atoms with E-state index >= 15 is 0 Å². The van der Waals surface area contributed by atoms with Crippen molar-refractivity contribution in [3.05, 3.63) is 58.6 Å². The molecule has 9 heteroatoms. The first-order valence-electron chi connectivity index (χ1n) is 10.4. The summed E-state index contributed by atoms with van der Waals surface area (Å²) in [5.74, 6) is -0.420. The predicted octanol–water partition coefficient (Wildman–Crippen LogP) is 3.14. The van der Waals surface area contributed by atoms with Gasteiger partial charge in [-0.3, -0.25) is 4.79 Å². The van der Waals surface area contributed by atoms with Crippen LogP contribution in [-0.4, -0.2) is 58.0 Å². The monoisotopic (exact) mass is 465 g/mol. The van der Waals surface area contributed by atoms with E-state index in [1.807, 2.05) is 24.3 Å². The van der Waals surface area contributed by atoms with Gasteiger partial charge in [-0.15, -0.1) is 0 Å². The van der Waals surface area contributed by atoms with Gasteiger partial charge in [0.1, 0.15) is 0 Å². The molecule has 0 spiro atoms. The van der Waals surface area contributed by atoms with Gasteiger partial charge < -0.3 is 15.0 Å². The SMILES string of the molecule is CCN(CC)c1ccc(CNC(=O)c2cc(S(=O)(=O)N3CCOCC3)ccc2Cl)cc1. The Morgan fingerprint density at radius 2 is 1.74 bits per heavy atom. The zero-order valence-electron chi connectivity index (χ0n) is 17.8. The summed E-state index contributed by atoms with van der Waals surface area (Å²) in [4.78, 5) is 15.0. The predicted molar refractivity (Wildman–Crippen MR) is 122 cm³/mol. The van der Waals surface area contributed by atoms with Gasteiger partial charge in [0, 0.05) is 38.4 Å². The Labute approximate surface area is 189 Å². The fourth-order valence-electron chi connectivity index (χ4n) is 3.47. The molecule has 2 aromatic rings. The van der Waals surface area contributed by atoms with Crippen molar-refractivity contribution in [3.8, 4) is 0 Å². The number of hydrogen-bond donors (Lipinski definition) is 1. The molecule has 1 saturated heterocycles. The number of benzene rings is 2. The lowest BCUT2D eigenvalue weighted by Crippen LogP contribution is -2.40. The van der Waals surface area contributed by atoms with Gasteiger partial charge in [0.25, 0.3) is 5.91 Å². The standard InChI is InChI=1S/C22H28ClN3O4S/c1-3-25(4-2)18-7-5-17(6-8-18)16-24-22(27)20-15-19(9-10-21(20)23)31(28,29)26-11-13-30-14-12-26/h5-10,15H,3-4,11-14,16H2,1-2H3,(H,24,27). The maximum atomic E-state index is 12.9. The molecule has 0 radical (unpaired) electrons. The summed E-state index contributed by atoms with van der Waals surface area (Å²) in [7, 11) is -3.71. The summed E-state index contributed by atoms with van der Waals surface area (Å²) in [5, 5.41) is 3.03. The van der Waals surface area contributed by atoms with Crippen molar-refractivity contribution in [1.29, 1.82) is 0 Å². The average Bonchev–Trinajstić information content (AvgIpc) is 2.80.